The third-order valence-electron chi connectivity index (χ3n) is 8.23. The van der Waals surface area contributed by atoms with Crippen LogP contribution in [0.3, 0.4) is 0 Å². The topological polar surface area (TPSA) is 36.7 Å². The summed E-state index contributed by atoms with van der Waals surface area (Å²) in [6.45, 7) is 4.36. The Labute approximate surface area is 219 Å². The minimum absolute atomic E-state index is 0.412. The van der Waals surface area contributed by atoms with E-state index < -0.39 is 11.6 Å². The average molecular weight is 491 g/mol. The van der Waals surface area contributed by atoms with Crippen LogP contribution in [0.15, 0.2) is 42.6 Å². The molecule has 0 radical (unpaired) electrons. The van der Waals surface area contributed by atoms with Gasteiger partial charge in [0.25, 0.3) is 0 Å². The Balaban J connectivity index is 1.46. The van der Waals surface area contributed by atoms with Gasteiger partial charge in [-0.25, -0.2) is 4.39 Å². The van der Waals surface area contributed by atoms with Crippen LogP contribution in [0.5, 0.6) is 0 Å². The van der Waals surface area contributed by atoms with Gasteiger partial charge >= 0.3 is 0 Å². The minimum Gasteiger partial charge on any atom is -0.256 e. The molecule has 1 saturated carbocycles. The predicted molar refractivity (Wildman–Crippen MR) is 150 cm³/mol. The molecule has 1 aromatic carbocycles. The summed E-state index contributed by atoms with van der Waals surface area (Å²) in [6, 6.07) is 15.7. The third kappa shape index (κ3) is 8.72. The van der Waals surface area contributed by atoms with E-state index in [1.165, 1.54) is 56.1 Å². The average Bonchev–Trinajstić information content (AvgIpc) is 2.92. The molecule has 0 spiro atoms. The van der Waals surface area contributed by atoms with Gasteiger partial charge in [-0.3, -0.25) is 4.98 Å². The maximum Gasteiger partial charge on any atom is 0.102 e. The lowest BCUT2D eigenvalue weighted by molar-refractivity contribution is 0.158. The molecule has 0 amide bonds. The van der Waals surface area contributed by atoms with E-state index >= 15 is 0 Å². The first kappa shape index (κ1) is 28.4. The summed E-state index contributed by atoms with van der Waals surface area (Å²) in [5, 5.41) is 9.83. The number of aryl methyl sites for hydroxylation is 1. The summed E-state index contributed by atoms with van der Waals surface area (Å²) in [7, 11) is 0. The summed E-state index contributed by atoms with van der Waals surface area (Å²) in [5.41, 5.74) is 4.38. The van der Waals surface area contributed by atoms with E-state index in [2.05, 4.69) is 56.3 Å². The summed E-state index contributed by atoms with van der Waals surface area (Å²) < 4.78 is 14.4. The number of rotatable bonds is 15. The van der Waals surface area contributed by atoms with Crippen molar-refractivity contribution in [1.29, 1.82) is 5.26 Å². The van der Waals surface area contributed by atoms with Gasteiger partial charge in [-0.1, -0.05) is 95.5 Å². The molecule has 36 heavy (non-hydrogen) atoms. The minimum atomic E-state index is -0.838. The molecule has 0 aliphatic heterocycles. The first-order valence-corrected chi connectivity index (χ1v) is 14.7. The Kier molecular flexibility index (Phi) is 11.9. The van der Waals surface area contributed by atoms with Gasteiger partial charge in [-0.05, 0) is 74.5 Å². The molecule has 1 aliphatic carbocycles. The second-order valence-electron chi connectivity index (χ2n) is 11.2. The molecule has 1 heterocycles. The molecule has 1 atom stereocenters. The van der Waals surface area contributed by atoms with Crippen LogP contribution in [0.4, 0.5) is 4.39 Å². The molecule has 3 rings (SSSR count). The first-order valence-electron chi connectivity index (χ1n) is 14.7. The van der Waals surface area contributed by atoms with Gasteiger partial charge in [0.05, 0.1) is 17.2 Å². The maximum absolute atomic E-state index is 14.4. The van der Waals surface area contributed by atoms with E-state index in [1.807, 2.05) is 6.20 Å². The number of pyridine rings is 1. The van der Waals surface area contributed by atoms with E-state index in [0.29, 0.717) is 18.8 Å². The predicted octanol–water partition coefficient (Wildman–Crippen LogP) is 10.1. The maximum atomic E-state index is 14.4. The van der Waals surface area contributed by atoms with Crippen molar-refractivity contribution in [2.45, 2.75) is 129 Å². The molecule has 196 valence electrons. The zero-order valence-corrected chi connectivity index (χ0v) is 22.8. The van der Waals surface area contributed by atoms with Crippen molar-refractivity contribution in [3.05, 3.63) is 53.7 Å². The Morgan fingerprint density at radius 2 is 1.58 bits per heavy atom. The molecule has 1 fully saturated rings. The number of nitrogens with zero attached hydrogens (tertiary/aromatic N) is 2. The van der Waals surface area contributed by atoms with Crippen molar-refractivity contribution in [3.63, 3.8) is 0 Å². The quantitative estimate of drug-likeness (QED) is 0.233. The number of nitriles is 1. The Bertz CT molecular complexity index is 904. The van der Waals surface area contributed by atoms with Crippen LogP contribution in [-0.2, 0) is 6.42 Å². The fourth-order valence-corrected chi connectivity index (χ4v) is 5.77. The second kappa shape index (κ2) is 15.1. The van der Waals surface area contributed by atoms with E-state index in [4.69, 9.17) is 4.98 Å². The number of hydrogen-bond acceptors (Lipinski definition) is 2. The number of hydrogen-bond donors (Lipinski definition) is 0. The Morgan fingerprint density at radius 3 is 2.19 bits per heavy atom. The smallest absolute Gasteiger partial charge is 0.102 e. The lowest BCUT2D eigenvalue weighted by Crippen LogP contribution is -2.28. The third-order valence-corrected chi connectivity index (χ3v) is 8.23. The normalized spacial score (nSPS) is 20.7. The lowest BCUT2D eigenvalue weighted by Gasteiger charge is -2.36. The summed E-state index contributed by atoms with van der Waals surface area (Å²) >= 11 is 0. The molecule has 3 heteroatoms. The van der Waals surface area contributed by atoms with Gasteiger partial charge < -0.3 is 0 Å². The van der Waals surface area contributed by atoms with E-state index in [9.17, 15) is 9.65 Å². The Morgan fingerprint density at radius 1 is 0.917 bits per heavy atom. The molecular formula is C33H47FN2. The molecule has 1 aliphatic rings. The van der Waals surface area contributed by atoms with E-state index in [0.717, 1.165) is 56.2 Å². The van der Waals surface area contributed by atoms with Gasteiger partial charge in [-0.2, -0.15) is 5.26 Å². The molecule has 2 aromatic rings. The van der Waals surface area contributed by atoms with Crippen LogP contribution in [0.25, 0.3) is 11.3 Å². The first-order chi connectivity index (χ1) is 17.6. The van der Waals surface area contributed by atoms with Crippen LogP contribution < -0.4 is 0 Å². The van der Waals surface area contributed by atoms with Gasteiger partial charge in [0.2, 0.25) is 0 Å². The van der Waals surface area contributed by atoms with Gasteiger partial charge in [0.1, 0.15) is 6.17 Å². The number of aromatic nitrogens is 1. The standard InChI is InChI=1S/C33H47FN2/c1-3-5-7-8-9-10-11-12-27-14-19-32(36-25-27)30-17-15-28(16-18-30)29-20-22-33(26-35,23-21-29)24-31(34)13-6-4-2/h14-19,25,29,31H,3-13,20-24H2,1-2H3/t29-,31?,33+. The van der Waals surface area contributed by atoms with Crippen LogP contribution in [0, 0.1) is 16.7 Å². The van der Waals surface area contributed by atoms with Crippen LogP contribution in [-0.4, -0.2) is 11.2 Å². The van der Waals surface area contributed by atoms with Crippen molar-refractivity contribution in [3.8, 4) is 17.3 Å². The summed E-state index contributed by atoms with van der Waals surface area (Å²) in [5.74, 6) is 0.464. The van der Waals surface area contributed by atoms with Gasteiger partial charge in [0, 0.05) is 11.8 Å². The molecule has 0 saturated heterocycles. The van der Waals surface area contributed by atoms with E-state index in [1.54, 1.807) is 0 Å². The highest BCUT2D eigenvalue weighted by Crippen LogP contribution is 2.46. The number of alkyl halides is 1. The molecule has 1 unspecified atom stereocenters. The largest absolute Gasteiger partial charge is 0.256 e. The summed E-state index contributed by atoms with van der Waals surface area (Å²) in [6.07, 6.45) is 18.2. The van der Waals surface area contributed by atoms with Crippen LogP contribution >= 0.6 is 0 Å². The van der Waals surface area contributed by atoms with Crippen molar-refractivity contribution in [1.82, 2.24) is 4.98 Å². The fourth-order valence-electron chi connectivity index (χ4n) is 5.77. The van der Waals surface area contributed by atoms with Crippen molar-refractivity contribution in [2.75, 3.05) is 0 Å². The summed E-state index contributed by atoms with van der Waals surface area (Å²) in [4.78, 5) is 4.74. The van der Waals surface area contributed by atoms with Crippen molar-refractivity contribution in [2.24, 2.45) is 5.41 Å². The Hall–Kier alpha value is -2.21. The van der Waals surface area contributed by atoms with Crippen LogP contribution in [0.2, 0.25) is 0 Å². The highest BCUT2D eigenvalue weighted by molar-refractivity contribution is 5.59. The zero-order chi connectivity index (χ0) is 25.6. The fraction of sp³-hybridized carbons (Fsp3) is 0.636. The second-order valence-corrected chi connectivity index (χ2v) is 11.2. The molecule has 2 nitrogen and oxygen atoms in total. The van der Waals surface area contributed by atoms with Crippen molar-refractivity contribution >= 4 is 0 Å². The zero-order valence-electron chi connectivity index (χ0n) is 22.8. The van der Waals surface area contributed by atoms with Crippen LogP contribution in [0.1, 0.15) is 127 Å². The molecule has 1 aromatic heterocycles. The van der Waals surface area contributed by atoms with Crippen molar-refractivity contribution < 1.29 is 4.39 Å². The monoisotopic (exact) mass is 490 g/mol. The molecular weight excluding hydrogens is 443 g/mol. The van der Waals surface area contributed by atoms with Gasteiger partial charge in [-0.15, -0.1) is 0 Å². The van der Waals surface area contributed by atoms with Gasteiger partial charge in [0.15, 0.2) is 0 Å². The molecule has 0 N–H and O–H groups in total. The molecule has 0 bridgehead atoms. The number of benzene rings is 1. The highest BCUT2D eigenvalue weighted by atomic mass is 19.1. The number of halogens is 1. The lowest BCUT2D eigenvalue weighted by atomic mass is 9.67. The SMILES string of the molecule is CCCCCCCCCc1ccc(-c2ccc([C@H]3CC[C@](C#N)(CC(F)CCCC)CC3)cc2)nc1. The highest BCUT2D eigenvalue weighted by Gasteiger charge is 2.37. The number of unbranched alkanes of at least 4 members (excludes halogenated alkanes) is 7. The van der Waals surface area contributed by atoms with E-state index in [-0.39, 0.29) is 0 Å².